The summed E-state index contributed by atoms with van der Waals surface area (Å²) in [4.78, 5) is 8.63. The number of hydrogen-bond donors (Lipinski definition) is 3. The van der Waals surface area contributed by atoms with Crippen molar-refractivity contribution in [3.8, 4) is 28.7 Å². The van der Waals surface area contributed by atoms with Crippen molar-refractivity contribution in [2.45, 2.75) is 0 Å². The summed E-state index contributed by atoms with van der Waals surface area (Å²) in [5.74, 6) is 0.224. The average molecular weight is 504 g/mol. The number of fused-ring (bicyclic) bond motifs is 1. The molecule has 28 heavy (non-hydrogen) atoms. The predicted octanol–water partition coefficient (Wildman–Crippen LogP) is 5.89. The van der Waals surface area contributed by atoms with Gasteiger partial charge >= 0.3 is 0 Å². The smallest absolute Gasteiger partial charge is 0.231 e. The SMILES string of the molecule is Oc1ccc(Br)cc1C=Nc1cc2nc(-c3cc(Br)ccc3O)oc2cc1O. The van der Waals surface area contributed by atoms with E-state index < -0.39 is 0 Å². The van der Waals surface area contributed by atoms with Gasteiger partial charge in [0.1, 0.15) is 28.5 Å². The number of halogens is 2. The molecule has 0 amide bonds. The van der Waals surface area contributed by atoms with Crippen molar-refractivity contribution in [1.82, 2.24) is 4.98 Å². The van der Waals surface area contributed by atoms with Gasteiger partial charge in [-0.05, 0) is 42.5 Å². The van der Waals surface area contributed by atoms with Gasteiger partial charge in [0.15, 0.2) is 5.58 Å². The summed E-state index contributed by atoms with van der Waals surface area (Å²) < 4.78 is 7.23. The molecule has 8 heteroatoms. The highest BCUT2D eigenvalue weighted by Crippen LogP contribution is 2.37. The first-order valence-electron chi connectivity index (χ1n) is 8.06. The van der Waals surface area contributed by atoms with E-state index in [1.54, 1.807) is 36.4 Å². The van der Waals surface area contributed by atoms with Gasteiger partial charge in [-0.15, -0.1) is 0 Å². The molecular formula is C20H12Br2N2O4. The van der Waals surface area contributed by atoms with Crippen LogP contribution in [0.15, 0.2) is 66.9 Å². The second-order valence-corrected chi connectivity index (χ2v) is 7.78. The topological polar surface area (TPSA) is 99.1 Å². The van der Waals surface area contributed by atoms with Crippen molar-refractivity contribution >= 4 is 54.9 Å². The molecule has 0 atom stereocenters. The Bertz CT molecular complexity index is 1230. The molecule has 3 aromatic carbocycles. The predicted molar refractivity (Wildman–Crippen MR) is 114 cm³/mol. The maximum atomic E-state index is 10.3. The first-order chi connectivity index (χ1) is 13.4. The van der Waals surface area contributed by atoms with Crippen LogP contribution in [0.3, 0.4) is 0 Å². The third kappa shape index (κ3) is 3.61. The van der Waals surface area contributed by atoms with Gasteiger partial charge in [0, 0.05) is 26.8 Å². The third-order valence-electron chi connectivity index (χ3n) is 4.01. The molecule has 1 aromatic heterocycles. The molecule has 0 unspecified atom stereocenters. The number of hydrogen-bond acceptors (Lipinski definition) is 6. The summed E-state index contributed by atoms with van der Waals surface area (Å²) in [5, 5.41) is 30.2. The Hall–Kier alpha value is -2.84. The number of nitrogens with zero attached hydrogens (tertiary/aromatic N) is 2. The van der Waals surface area contributed by atoms with E-state index in [-0.39, 0.29) is 28.8 Å². The van der Waals surface area contributed by atoms with E-state index >= 15 is 0 Å². The average Bonchev–Trinajstić information content (AvgIpc) is 3.06. The molecule has 140 valence electrons. The highest BCUT2D eigenvalue weighted by molar-refractivity contribution is 9.10. The molecule has 1 heterocycles. The zero-order chi connectivity index (χ0) is 19.8. The van der Waals surface area contributed by atoms with Crippen LogP contribution in [-0.2, 0) is 0 Å². The molecule has 0 radical (unpaired) electrons. The van der Waals surface area contributed by atoms with Gasteiger partial charge in [-0.2, -0.15) is 0 Å². The Morgan fingerprint density at radius 3 is 2.36 bits per heavy atom. The maximum Gasteiger partial charge on any atom is 0.231 e. The van der Waals surface area contributed by atoms with Crippen LogP contribution < -0.4 is 0 Å². The summed E-state index contributed by atoms with van der Waals surface area (Å²) in [6, 6.07) is 12.9. The molecule has 6 nitrogen and oxygen atoms in total. The minimum absolute atomic E-state index is 0.0300. The molecule has 0 saturated heterocycles. The normalized spacial score (nSPS) is 11.5. The molecular weight excluding hydrogens is 492 g/mol. The van der Waals surface area contributed by atoms with Crippen LogP contribution in [0.4, 0.5) is 5.69 Å². The number of aliphatic imine (C=N–C) groups is 1. The Kier molecular flexibility index (Phi) is 4.82. The lowest BCUT2D eigenvalue weighted by atomic mass is 10.2. The Morgan fingerprint density at radius 1 is 0.857 bits per heavy atom. The van der Waals surface area contributed by atoms with Crippen molar-refractivity contribution in [3.63, 3.8) is 0 Å². The molecule has 0 saturated carbocycles. The van der Waals surface area contributed by atoms with Crippen molar-refractivity contribution in [2.75, 3.05) is 0 Å². The monoisotopic (exact) mass is 502 g/mol. The van der Waals surface area contributed by atoms with Gasteiger partial charge in [0.2, 0.25) is 5.89 Å². The highest BCUT2D eigenvalue weighted by atomic mass is 79.9. The number of phenols is 3. The summed E-state index contributed by atoms with van der Waals surface area (Å²) in [6.45, 7) is 0. The number of phenolic OH excluding ortho intramolecular Hbond substituents is 3. The largest absolute Gasteiger partial charge is 0.507 e. The van der Waals surface area contributed by atoms with Crippen LogP contribution in [0.2, 0.25) is 0 Å². The minimum Gasteiger partial charge on any atom is -0.507 e. The van der Waals surface area contributed by atoms with E-state index in [1.807, 2.05) is 0 Å². The Balaban J connectivity index is 1.75. The van der Waals surface area contributed by atoms with Crippen molar-refractivity contribution in [2.24, 2.45) is 4.99 Å². The summed E-state index contributed by atoms with van der Waals surface area (Å²) >= 11 is 6.69. The minimum atomic E-state index is -0.0978. The van der Waals surface area contributed by atoms with Crippen LogP contribution in [-0.4, -0.2) is 26.5 Å². The fourth-order valence-electron chi connectivity index (χ4n) is 2.62. The van der Waals surface area contributed by atoms with Crippen LogP contribution in [0, 0.1) is 0 Å². The number of oxazole rings is 1. The second kappa shape index (κ2) is 7.29. The molecule has 0 bridgehead atoms. The molecule has 0 aliphatic carbocycles. The zero-order valence-corrected chi connectivity index (χ0v) is 17.3. The van der Waals surface area contributed by atoms with Crippen LogP contribution in [0.25, 0.3) is 22.6 Å². The summed E-state index contributed by atoms with van der Waals surface area (Å²) in [7, 11) is 0. The highest BCUT2D eigenvalue weighted by Gasteiger charge is 2.15. The number of rotatable bonds is 3. The van der Waals surface area contributed by atoms with E-state index in [0.717, 1.165) is 8.95 Å². The summed E-state index contributed by atoms with van der Waals surface area (Å²) in [6.07, 6.45) is 1.45. The van der Waals surface area contributed by atoms with Gasteiger partial charge in [-0.1, -0.05) is 31.9 Å². The van der Waals surface area contributed by atoms with Crippen molar-refractivity contribution in [1.29, 1.82) is 0 Å². The van der Waals surface area contributed by atoms with E-state index in [4.69, 9.17) is 4.42 Å². The fourth-order valence-corrected chi connectivity index (χ4v) is 3.36. The van der Waals surface area contributed by atoms with Gasteiger partial charge in [0.05, 0.1) is 5.56 Å². The standard InChI is InChI=1S/C20H12Br2N2O4/c21-11-1-3-16(25)10(5-11)9-23-14-7-15-19(8-18(14)27)28-20(24-15)13-6-12(22)2-4-17(13)26/h1-9,25-27H. The van der Waals surface area contributed by atoms with E-state index in [0.29, 0.717) is 22.2 Å². The van der Waals surface area contributed by atoms with Crippen LogP contribution >= 0.6 is 31.9 Å². The van der Waals surface area contributed by atoms with E-state index in [9.17, 15) is 15.3 Å². The lowest BCUT2D eigenvalue weighted by Gasteiger charge is -2.01. The fraction of sp³-hybridized carbons (Fsp3) is 0. The Labute approximate surface area is 176 Å². The second-order valence-electron chi connectivity index (χ2n) is 5.95. The van der Waals surface area contributed by atoms with Gasteiger partial charge in [-0.3, -0.25) is 4.99 Å². The number of benzene rings is 3. The maximum absolute atomic E-state index is 10.3. The number of aromatic nitrogens is 1. The lowest BCUT2D eigenvalue weighted by molar-refractivity contribution is 0.472. The molecule has 4 rings (SSSR count). The van der Waals surface area contributed by atoms with E-state index in [1.165, 1.54) is 18.3 Å². The first kappa shape index (κ1) is 18.5. The van der Waals surface area contributed by atoms with Gasteiger partial charge < -0.3 is 19.7 Å². The third-order valence-corrected chi connectivity index (χ3v) is 4.99. The van der Waals surface area contributed by atoms with Gasteiger partial charge in [0.25, 0.3) is 0 Å². The summed E-state index contributed by atoms with van der Waals surface area (Å²) in [5.41, 5.74) is 2.02. The number of aromatic hydroxyl groups is 3. The molecule has 4 aromatic rings. The first-order valence-corrected chi connectivity index (χ1v) is 9.64. The van der Waals surface area contributed by atoms with Crippen LogP contribution in [0.5, 0.6) is 17.2 Å². The molecule has 0 fully saturated rings. The van der Waals surface area contributed by atoms with E-state index in [2.05, 4.69) is 41.8 Å². The molecule has 3 N–H and O–H groups in total. The molecule has 0 aliphatic rings. The quantitative estimate of drug-likeness (QED) is 0.303. The van der Waals surface area contributed by atoms with Crippen molar-refractivity contribution < 1.29 is 19.7 Å². The van der Waals surface area contributed by atoms with Crippen molar-refractivity contribution in [3.05, 3.63) is 63.0 Å². The van der Waals surface area contributed by atoms with Gasteiger partial charge in [-0.25, -0.2) is 4.98 Å². The zero-order valence-electron chi connectivity index (χ0n) is 14.1. The van der Waals surface area contributed by atoms with Crippen LogP contribution in [0.1, 0.15) is 5.56 Å². The molecule has 0 aliphatic heterocycles. The molecule has 0 spiro atoms. The Morgan fingerprint density at radius 2 is 1.57 bits per heavy atom. The lowest BCUT2D eigenvalue weighted by Crippen LogP contribution is -1.82.